The number of nitrogens with one attached hydrogen (secondary N) is 1. The van der Waals surface area contributed by atoms with Crippen molar-refractivity contribution in [2.45, 2.75) is 141 Å². The molecule has 3 N–H and O–H groups in total. The summed E-state index contributed by atoms with van der Waals surface area (Å²) >= 11 is 16.1. The van der Waals surface area contributed by atoms with Gasteiger partial charge < -0.3 is 53.8 Å². The first kappa shape index (κ1) is 88.9. The minimum atomic E-state index is -0.560. The number of nitrogens with two attached hydrogens (primary N) is 1. The van der Waals surface area contributed by atoms with Gasteiger partial charge >= 0.3 is 23.1 Å². The molecule has 0 saturated heterocycles. The number of hydrogen-bond donors (Lipinski definition) is 2. The van der Waals surface area contributed by atoms with Gasteiger partial charge in [-0.2, -0.15) is 11.8 Å². The average molecular weight is 1540 g/mol. The van der Waals surface area contributed by atoms with E-state index in [0.29, 0.717) is 78.2 Å². The van der Waals surface area contributed by atoms with Crippen LogP contribution in [-0.4, -0.2) is 149 Å². The first-order valence-electron chi connectivity index (χ1n) is 31.7. The zero-order chi connectivity index (χ0) is 69.1. The number of thioether (sulfide) groups is 3. The van der Waals surface area contributed by atoms with Crippen LogP contribution < -0.4 is 35.5 Å². The summed E-state index contributed by atoms with van der Waals surface area (Å²) in [5.74, 6) is 4.58. The van der Waals surface area contributed by atoms with Crippen molar-refractivity contribution in [2.24, 2.45) is 5.10 Å². The molecule has 0 aliphatic heterocycles. The van der Waals surface area contributed by atoms with Gasteiger partial charge in [0, 0.05) is 107 Å². The van der Waals surface area contributed by atoms with Crippen molar-refractivity contribution in [3.63, 3.8) is 0 Å². The highest BCUT2D eigenvalue weighted by molar-refractivity contribution is 8.77. The van der Waals surface area contributed by atoms with Crippen LogP contribution in [0.25, 0.3) is 27.6 Å². The largest absolute Gasteiger partial charge is 1.00 e. The first-order valence-corrected chi connectivity index (χ1v) is 40.6. The Balaban J connectivity index is 0.000000639. The van der Waals surface area contributed by atoms with Crippen LogP contribution in [0.1, 0.15) is 141 Å². The van der Waals surface area contributed by atoms with Crippen molar-refractivity contribution < 1.29 is 73.1 Å². The SMILES string of the molecule is CC(=O)CCOCCSSCCC/C(C)=N/[N+]#N.CC(=[NH2+])CCCSSCCOCCCNC(=O)OC1Cc2ccccc2-c2nnn(CCOC(=O)CCC(C)(C)SC(=S)c3ccccc3)c2-c2ccccc21.CSCCOC(=O)CCC(C)(C)SC(=S)c1ccccc1.[Cl-].[Cl-]. The summed E-state index contributed by atoms with van der Waals surface area (Å²) in [6, 6.07) is 35.7. The minimum absolute atomic E-state index is 0. The van der Waals surface area contributed by atoms with Gasteiger partial charge in [0.2, 0.25) is 0 Å². The van der Waals surface area contributed by atoms with E-state index in [1.54, 1.807) is 68.5 Å². The lowest BCUT2D eigenvalue weighted by atomic mass is 9.87. The van der Waals surface area contributed by atoms with Crippen molar-refractivity contribution in [3.8, 4) is 22.5 Å². The smallest absolute Gasteiger partial charge is 0.407 e. The van der Waals surface area contributed by atoms with Crippen molar-refractivity contribution in [1.29, 1.82) is 5.39 Å². The minimum Gasteiger partial charge on any atom is -1.00 e. The summed E-state index contributed by atoms with van der Waals surface area (Å²) < 4.78 is 31.2. The van der Waals surface area contributed by atoms with Gasteiger partial charge in [0.05, 0.1) is 40.5 Å². The van der Waals surface area contributed by atoms with E-state index in [4.69, 9.17) is 58.9 Å². The van der Waals surface area contributed by atoms with Crippen molar-refractivity contribution in [1.82, 2.24) is 20.3 Å². The number of carbonyl (C=O) groups is 4. The number of thiocarbonyl (C=S) groups is 2. The van der Waals surface area contributed by atoms with E-state index in [0.717, 1.165) is 125 Å². The van der Waals surface area contributed by atoms with E-state index < -0.39 is 12.2 Å². The average Bonchev–Trinajstić information content (AvgIpc) is 1.04. The van der Waals surface area contributed by atoms with Gasteiger partial charge in [-0.1, -0.05) is 210 Å². The lowest BCUT2D eigenvalue weighted by Gasteiger charge is -2.25. The summed E-state index contributed by atoms with van der Waals surface area (Å²) in [7, 11) is 7.23. The van der Waals surface area contributed by atoms with E-state index in [1.807, 2.05) is 151 Å². The summed E-state index contributed by atoms with van der Waals surface area (Å²) in [5, 5.41) is 32.3. The van der Waals surface area contributed by atoms with Crippen molar-refractivity contribution in [3.05, 3.63) is 137 Å². The van der Waals surface area contributed by atoms with E-state index in [-0.39, 0.29) is 65.1 Å². The van der Waals surface area contributed by atoms with E-state index in [9.17, 15) is 19.2 Å². The van der Waals surface area contributed by atoms with Crippen molar-refractivity contribution in [2.75, 3.05) is 81.2 Å². The van der Waals surface area contributed by atoms with E-state index >= 15 is 0 Å². The number of esters is 2. The molecule has 1 heterocycles. The predicted octanol–water partition coefficient (Wildman–Crippen LogP) is 9.88. The Labute approximate surface area is 626 Å². The molecule has 1 atom stereocenters. The van der Waals surface area contributed by atoms with Gasteiger partial charge in [0.25, 0.3) is 5.39 Å². The van der Waals surface area contributed by atoms with Crippen LogP contribution in [0.2, 0.25) is 0 Å². The fraction of sp³-hybridized carbons (Fsp3) is 0.507. The molecule has 0 saturated carbocycles. The maximum atomic E-state index is 13.2. The second-order valence-corrected chi connectivity index (χ2v) is 34.2. The number of rotatable bonds is 40. The third-order valence-electron chi connectivity index (χ3n) is 13.9. The maximum absolute atomic E-state index is 13.2. The number of ether oxygens (including phenoxy) is 5. The molecule has 532 valence electrons. The van der Waals surface area contributed by atoms with Gasteiger partial charge in [-0.3, -0.25) is 19.8 Å². The molecule has 0 radical (unpaired) electrons. The number of alkyl carbamates (subject to hydrolysis) is 1. The standard InChI is InChI=1S/C42H51N5O5S4.C16H22O2S3.C11H20N3O2S2.2ClH/c1-30(43)13-11-27-54-55-28-26-50-24-12-22-44-41(49)52-36-29-32-16-7-8-17-33(32)38-39(35-19-10-9-18-34(35)36)47(46-45-38)23-25-51-37(48)20-21-42(2,3)56-40(53)31-14-5-4-6-15-31;1-16(2,10-9-14(17)18-11-12-20-3)21-15(19)13-7-5-4-6-8-13;1-10(13-14-12)4-3-8-17-18-9-7-16-6-5-11(2)15;;/h4-10,14-19,36,43H,11-13,20-29H2,1-3H3,(H,44,49);4-8H,9-12H2,1-3H3;3-9H2,1-2H3;2*1H/q;;+1;;/p-1/b;;13-10+;;. The normalized spacial score (nSPS) is 12.2. The fourth-order valence-electron chi connectivity index (χ4n) is 8.86. The summed E-state index contributed by atoms with van der Waals surface area (Å²) in [5.41, 5.74) is 9.02. The number of carbonyl (C=O) groups excluding carboxylic acids is 4. The van der Waals surface area contributed by atoms with Gasteiger partial charge in [0.15, 0.2) is 5.10 Å². The Morgan fingerprint density at radius 3 is 1.74 bits per heavy atom. The third kappa shape index (κ3) is 38.4. The quantitative estimate of drug-likeness (QED) is 0.00544. The summed E-state index contributed by atoms with van der Waals surface area (Å²) in [6.45, 7) is 17.6. The number of ketones is 1. The number of nitrogens with zero attached hydrogens (tertiary/aromatic N) is 6. The topological polar surface area (TPSA) is 223 Å². The Hall–Kier alpha value is -4.21. The Morgan fingerprint density at radius 1 is 0.649 bits per heavy atom. The lowest BCUT2D eigenvalue weighted by Crippen LogP contribution is -3.00. The van der Waals surface area contributed by atoms with Crippen LogP contribution in [0, 0.1) is 5.39 Å². The second-order valence-electron chi connectivity index (χ2n) is 23.0. The molecule has 0 bridgehead atoms. The molecule has 1 unspecified atom stereocenters. The zero-order valence-electron chi connectivity index (χ0n) is 56.8. The third-order valence-corrected chi connectivity index (χ3v) is 22.7. The molecule has 28 heteroatoms. The second kappa shape index (κ2) is 51.9. The van der Waals surface area contributed by atoms with Crippen LogP contribution in [-0.2, 0) is 51.0 Å². The van der Waals surface area contributed by atoms with E-state index in [1.165, 1.54) is 0 Å². The molecule has 6 rings (SSSR count). The number of amides is 1. The Bertz CT molecular complexity index is 3240. The summed E-state index contributed by atoms with van der Waals surface area (Å²) in [4.78, 5) is 48.3. The monoisotopic (exact) mass is 1540 g/mol. The molecule has 1 amide bonds. The maximum Gasteiger partial charge on any atom is 0.407 e. The molecule has 17 nitrogen and oxygen atoms in total. The number of fused-ring (bicyclic) bond motifs is 5. The summed E-state index contributed by atoms with van der Waals surface area (Å²) in [6.07, 6.45) is 8.62. The molecule has 0 fully saturated rings. The number of benzene rings is 4. The van der Waals surface area contributed by atoms with Gasteiger partial charge in [-0.25, -0.2) is 9.48 Å². The predicted molar refractivity (Wildman–Crippen MR) is 411 cm³/mol. The number of aromatic nitrogens is 3. The highest BCUT2D eigenvalue weighted by atomic mass is 35.5. The van der Waals surface area contributed by atoms with Crippen LogP contribution in [0.3, 0.4) is 0 Å². The van der Waals surface area contributed by atoms with Crippen LogP contribution in [0.15, 0.2) is 114 Å². The molecular weight excluding hydrogens is 1440 g/mol. The van der Waals surface area contributed by atoms with Crippen LogP contribution in [0.4, 0.5) is 4.79 Å². The molecule has 5 aromatic rings. The Morgan fingerprint density at radius 2 is 1.18 bits per heavy atom. The van der Waals surface area contributed by atoms with E-state index in [2.05, 4.69) is 53.5 Å². The molecule has 1 aliphatic rings. The van der Waals surface area contributed by atoms with Crippen molar-refractivity contribution >= 4 is 147 Å². The molecule has 97 heavy (non-hydrogen) atoms. The zero-order valence-corrected chi connectivity index (χ0v) is 65.7. The highest BCUT2D eigenvalue weighted by Crippen LogP contribution is 2.42. The molecule has 1 aliphatic carbocycles. The number of hydrogen-bond acceptors (Lipinski definition) is 22. The number of halogens is 2. The molecular formula is C69H94Cl2N8O9S9. The molecule has 1 aromatic heterocycles. The van der Waals surface area contributed by atoms with Crippen LogP contribution in [0.5, 0.6) is 0 Å². The van der Waals surface area contributed by atoms with Gasteiger partial charge in [0.1, 0.15) is 42.2 Å². The fourth-order valence-corrected chi connectivity index (χ4v) is 16.6. The van der Waals surface area contributed by atoms with Gasteiger partial charge in [-0.15, -0.1) is 28.6 Å². The molecule has 0 spiro atoms. The van der Waals surface area contributed by atoms with Gasteiger partial charge in [-0.05, 0) is 75.3 Å². The number of diazo groups is 1. The molecule has 4 aromatic carbocycles. The number of Topliss-reactive ketones (excluding diaryl/α,β-unsaturated/α-hetero) is 1. The Kier molecular flexibility index (Phi) is 47.5. The lowest BCUT2D eigenvalue weighted by molar-refractivity contribution is -0.144. The first-order chi connectivity index (χ1) is 45.7. The van der Waals surface area contributed by atoms with Crippen LogP contribution >= 0.6 is 103 Å². The highest BCUT2D eigenvalue weighted by Gasteiger charge is 2.31.